The maximum Gasteiger partial charge on any atom is 0.244 e. The molecule has 3 heterocycles. The van der Waals surface area contributed by atoms with Crippen molar-refractivity contribution in [3.8, 4) is 11.3 Å². The molecule has 2 N–H and O–H groups in total. The number of carbonyl (C=O) groups excluding carboxylic acids is 1. The van der Waals surface area contributed by atoms with Crippen molar-refractivity contribution in [3.05, 3.63) is 107 Å². The maximum atomic E-state index is 14.6. The van der Waals surface area contributed by atoms with E-state index in [-0.39, 0.29) is 18.5 Å². The average Bonchev–Trinajstić information content (AvgIpc) is 3.45. The van der Waals surface area contributed by atoms with E-state index >= 15 is 0 Å². The maximum absolute atomic E-state index is 14.6. The van der Waals surface area contributed by atoms with E-state index in [2.05, 4.69) is 31.5 Å². The number of anilines is 1. The molecule has 0 bridgehead atoms. The molecule has 4 aromatic rings. The van der Waals surface area contributed by atoms with Crippen molar-refractivity contribution in [2.24, 2.45) is 0 Å². The van der Waals surface area contributed by atoms with Gasteiger partial charge < -0.3 is 20.0 Å². The smallest absolute Gasteiger partial charge is 0.244 e. The molecular formula is C26H20BrFN4O2S. The summed E-state index contributed by atoms with van der Waals surface area (Å²) in [6.45, 7) is -0.00257. The number of aromatic nitrogens is 1. The van der Waals surface area contributed by atoms with E-state index in [1.165, 1.54) is 6.07 Å². The van der Waals surface area contributed by atoms with Crippen LogP contribution in [0.5, 0.6) is 0 Å². The monoisotopic (exact) mass is 550 g/mol. The van der Waals surface area contributed by atoms with E-state index in [0.29, 0.717) is 32.4 Å². The van der Waals surface area contributed by atoms with Gasteiger partial charge in [0.05, 0.1) is 17.3 Å². The molecule has 2 aromatic heterocycles. The zero-order valence-electron chi connectivity index (χ0n) is 18.3. The van der Waals surface area contributed by atoms with Gasteiger partial charge in [-0.2, -0.15) is 0 Å². The minimum absolute atomic E-state index is 0.00257. The molecule has 176 valence electrons. The summed E-state index contributed by atoms with van der Waals surface area (Å²) in [5, 5.41) is 6.58. The second-order valence-electron chi connectivity index (χ2n) is 7.99. The lowest BCUT2D eigenvalue weighted by molar-refractivity contribution is -0.116. The van der Waals surface area contributed by atoms with Gasteiger partial charge in [0.2, 0.25) is 5.91 Å². The summed E-state index contributed by atoms with van der Waals surface area (Å²) in [5.74, 6) is 0.299. The molecule has 9 heteroatoms. The van der Waals surface area contributed by atoms with Crippen LogP contribution in [0.1, 0.15) is 23.5 Å². The molecule has 0 radical (unpaired) electrons. The third-order valence-electron chi connectivity index (χ3n) is 5.68. The molecule has 1 aliphatic rings. The summed E-state index contributed by atoms with van der Waals surface area (Å²) >= 11 is 8.89. The lowest BCUT2D eigenvalue weighted by Crippen LogP contribution is -2.36. The number of halogens is 2. The fourth-order valence-corrected chi connectivity index (χ4v) is 4.75. The van der Waals surface area contributed by atoms with Gasteiger partial charge in [-0.1, -0.05) is 40.2 Å². The second kappa shape index (κ2) is 9.97. The SMILES string of the molecule is O=C(CN1C(=S)N[C@H](c2ccccn2)[C@H]1c1ccc(-c2ccc(Br)cc2F)o1)Nc1ccccc1. The Hall–Kier alpha value is -3.56. The number of carbonyl (C=O) groups is 1. The van der Waals surface area contributed by atoms with Crippen LogP contribution < -0.4 is 10.6 Å². The first-order chi connectivity index (χ1) is 17.0. The normalized spacial score (nSPS) is 17.3. The summed E-state index contributed by atoms with van der Waals surface area (Å²) in [5.41, 5.74) is 1.79. The molecule has 1 aliphatic heterocycles. The standard InChI is InChI=1S/C26H20BrFN4O2S/c27-16-9-10-18(19(28)14-16)21-11-12-22(34-21)25-24(20-8-4-5-13-29-20)31-26(35)32(25)15-23(33)30-17-6-2-1-3-7-17/h1-14,24-25H,15H2,(H,30,33)(H,31,35)/t24-,25-/m1/s1. The zero-order valence-corrected chi connectivity index (χ0v) is 20.7. The van der Waals surface area contributed by atoms with Gasteiger partial charge in [-0.05, 0) is 66.8 Å². The Balaban J connectivity index is 1.47. The summed E-state index contributed by atoms with van der Waals surface area (Å²) in [4.78, 5) is 19.2. The van der Waals surface area contributed by atoms with Gasteiger partial charge >= 0.3 is 0 Å². The van der Waals surface area contributed by atoms with Crippen molar-refractivity contribution in [2.45, 2.75) is 12.1 Å². The number of furan rings is 1. The lowest BCUT2D eigenvalue weighted by Gasteiger charge is -2.25. The number of hydrogen-bond donors (Lipinski definition) is 2. The van der Waals surface area contributed by atoms with Crippen molar-refractivity contribution in [2.75, 3.05) is 11.9 Å². The molecule has 0 spiro atoms. The Morgan fingerprint density at radius 2 is 1.91 bits per heavy atom. The highest BCUT2D eigenvalue weighted by Gasteiger charge is 2.42. The Morgan fingerprint density at radius 1 is 1.11 bits per heavy atom. The minimum atomic E-state index is -0.466. The largest absolute Gasteiger partial charge is 0.459 e. The van der Waals surface area contributed by atoms with E-state index < -0.39 is 11.9 Å². The Bertz CT molecular complexity index is 1370. The first-order valence-corrected chi connectivity index (χ1v) is 12.1. The molecule has 1 fully saturated rings. The number of nitrogens with zero attached hydrogens (tertiary/aromatic N) is 2. The van der Waals surface area contributed by atoms with Crippen LogP contribution in [0.3, 0.4) is 0 Å². The second-order valence-corrected chi connectivity index (χ2v) is 9.30. The fraction of sp³-hybridized carbons (Fsp3) is 0.115. The topological polar surface area (TPSA) is 70.4 Å². The molecule has 0 aliphatic carbocycles. The van der Waals surface area contributed by atoms with Crippen LogP contribution in [0.25, 0.3) is 11.3 Å². The summed E-state index contributed by atoms with van der Waals surface area (Å²) in [6, 6.07) is 22.3. The fourth-order valence-electron chi connectivity index (χ4n) is 4.11. The number of rotatable bonds is 6. The van der Waals surface area contributed by atoms with Crippen LogP contribution >= 0.6 is 28.1 Å². The first-order valence-electron chi connectivity index (χ1n) is 10.9. The lowest BCUT2D eigenvalue weighted by atomic mass is 10.0. The number of pyridine rings is 1. The zero-order chi connectivity index (χ0) is 24.4. The van der Waals surface area contributed by atoms with Crippen LogP contribution in [0.15, 0.2) is 93.9 Å². The van der Waals surface area contributed by atoms with Crippen LogP contribution in [-0.4, -0.2) is 27.4 Å². The van der Waals surface area contributed by atoms with E-state index in [9.17, 15) is 9.18 Å². The van der Waals surface area contributed by atoms with E-state index in [1.807, 2.05) is 48.5 Å². The highest BCUT2D eigenvalue weighted by atomic mass is 79.9. The number of thiocarbonyl (C=S) groups is 1. The van der Waals surface area contributed by atoms with Gasteiger partial charge in [-0.25, -0.2) is 4.39 Å². The van der Waals surface area contributed by atoms with Crippen molar-refractivity contribution in [3.63, 3.8) is 0 Å². The molecule has 1 saturated heterocycles. The van der Waals surface area contributed by atoms with Crippen LogP contribution in [0.2, 0.25) is 0 Å². The molecule has 2 atom stereocenters. The summed E-state index contributed by atoms with van der Waals surface area (Å²) in [7, 11) is 0. The van der Waals surface area contributed by atoms with Crippen molar-refractivity contribution in [1.29, 1.82) is 0 Å². The quantitative estimate of drug-likeness (QED) is 0.293. The first kappa shape index (κ1) is 23.2. The van der Waals surface area contributed by atoms with Gasteiger partial charge in [0.15, 0.2) is 5.11 Å². The predicted molar refractivity (Wildman–Crippen MR) is 139 cm³/mol. The third kappa shape index (κ3) is 4.96. The van der Waals surface area contributed by atoms with E-state index in [1.54, 1.807) is 35.4 Å². The number of nitrogens with one attached hydrogen (secondary N) is 2. The van der Waals surface area contributed by atoms with Crippen molar-refractivity contribution < 1.29 is 13.6 Å². The molecule has 0 unspecified atom stereocenters. The molecular weight excluding hydrogens is 531 g/mol. The Morgan fingerprint density at radius 3 is 2.66 bits per heavy atom. The van der Waals surface area contributed by atoms with Gasteiger partial charge in [-0.15, -0.1) is 0 Å². The van der Waals surface area contributed by atoms with Crippen molar-refractivity contribution in [1.82, 2.24) is 15.2 Å². The molecule has 1 amide bonds. The van der Waals surface area contributed by atoms with E-state index in [0.717, 1.165) is 5.69 Å². The Labute approximate surface area is 215 Å². The van der Waals surface area contributed by atoms with Crippen LogP contribution in [0, 0.1) is 5.82 Å². The van der Waals surface area contributed by atoms with Gasteiger partial charge in [0.1, 0.15) is 29.9 Å². The van der Waals surface area contributed by atoms with Gasteiger partial charge in [-0.3, -0.25) is 9.78 Å². The number of para-hydroxylation sites is 1. The van der Waals surface area contributed by atoms with Crippen LogP contribution in [-0.2, 0) is 4.79 Å². The summed E-state index contributed by atoms with van der Waals surface area (Å²) in [6.07, 6.45) is 1.70. The Kier molecular flexibility index (Phi) is 6.61. The molecule has 6 nitrogen and oxygen atoms in total. The molecule has 5 rings (SSSR count). The number of benzene rings is 2. The average molecular weight is 551 g/mol. The van der Waals surface area contributed by atoms with Gasteiger partial charge in [0, 0.05) is 16.4 Å². The highest BCUT2D eigenvalue weighted by molar-refractivity contribution is 9.10. The van der Waals surface area contributed by atoms with Crippen LogP contribution in [0.4, 0.5) is 10.1 Å². The highest BCUT2D eigenvalue weighted by Crippen LogP contribution is 2.40. The number of hydrogen-bond acceptors (Lipinski definition) is 4. The number of amides is 1. The van der Waals surface area contributed by atoms with Crippen molar-refractivity contribution >= 4 is 44.9 Å². The summed E-state index contributed by atoms with van der Waals surface area (Å²) < 4.78 is 21.4. The predicted octanol–water partition coefficient (Wildman–Crippen LogP) is 5.85. The molecule has 35 heavy (non-hydrogen) atoms. The molecule has 0 saturated carbocycles. The third-order valence-corrected chi connectivity index (χ3v) is 6.53. The minimum Gasteiger partial charge on any atom is -0.459 e. The van der Waals surface area contributed by atoms with Gasteiger partial charge in [0.25, 0.3) is 0 Å². The van der Waals surface area contributed by atoms with E-state index in [4.69, 9.17) is 16.6 Å². The molecule has 2 aromatic carbocycles.